The molecule has 0 saturated carbocycles. The molecule has 0 rings (SSSR count). The van der Waals surface area contributed by atoms with Crippen molar-refractivity contribution in [2.45, 2.75) is 90.1 Å². The number of hydrogen-bond donors (Lipinski definition) is 3. The lowest BCUT2D eigenvalue weighted by Gasteiger charge is -2.17. The minimum atomic E-state index is -4.27. The van der Waals surface area contributed by atoms with Crippen LogP contribution in [-0.4, -0.2) is 48.4 Å². The molecule has 0 bridgehead atoms. The maximum atomic E-state index is 11.9. The molecule has 0 radical (unpaired) electrons. The molecule has 0 aromatic heterocycles. The van der Waals surface area contributed by atoms with Crippen molar-refractivity contribution < 1.29 is 33.1 Å². The second-order valence-electron chi connectivity index (χ2n) is 7.99. The zero-order valence-corrected chi connectivity index (χ0v) is 21.7. The molecule has 1 unspecified atom stereocenters. The Balaban J connectivity index is 3.64. The Morgan fingerprint density at radius 3 is 2.12 bits per heavy atom. The van der Waals surface area contributed by atoms with Crippen LogP contribution in [0.4, 0.5) is 0 Å². The molecule has 4 N–H and O–H groups in total. The van der Waals surface area contributed by atoms with Gasteiger partial charge in [-0.15, -0.1) is 0 Å². The average Bonchev–Trinajstić information content (AvgIpc) is 2.82. The zero-order chi connectivity index (χ0) is 25.3. The Morgan fingerprint density at radius 2 is 1.50 bits per heavy atom. The van der Waals surface area contributed by atoms with Gasteiger partial charge in [0.15, 0.2) is 0 Å². The summed E-state index contributed by atoms with van der Waals surface area (Å²) >= 11 is 0. The molecule has 34 heavy (non-hydrogen) atoms. The van der Waals surface area contributed by atoms with Crippen LogP contribution < -0.4 is 5.73 Å². The summed E-state index contributed by atoms with van der Waals surface area (Å²) in [5, 5.41) is 9.27. The van der Waals surface area contributed by atoms with E-state index in [0.717, 1.165) is 44.9 Å². The molecule has 9 heteroatoms. The lowest BCUT2D eigenvalue weighted by Crippen LogP contribution is -2.27. The van der Waals surface area contributed by atoms with Gasteiger partial charge in [-0.3, -0.25) is 13.8 Å². The summed E-state index contributed by atoms with van der Waals surface area (Å²) in [5.41, 5.74) is 5.19. The Kier molecular flexibility index (Phi) is 22.6. The van der Waals surface area contributed by atoms with E-state index >= 15 is 0 Å². The van der Waals surface area contributed by atoms with Gasteiger partial charge in [-0.2, -0.15) is 0 Å². The van der Waals surface area contributed by atoms with Gasteiger partial charge in [-0.05, 0) is 38.5 Å². The number of hydrogen-bond acceptors (Lipinski definition) is 7. The van der Waals surface area contributed by atoms with Crippen LogP contribution in [0.2, 0.25) is 0 Å². The molecular formula is C25H46NO7P. The van der Waals surface area contributed by atoms with Gasteiger partial charge in [0.05, 0.1) is 19.8 Å². The average molecular weight is 504 g/mol. The Bertz CT molecular complexity index is 622. The summed E-state index contributed by atoms with van der Waals surface area (Å²) in [6.07, 6.45) is 24.2. The molecule has 0 fully saturated rings. The van der Waals surface area contributed by atoms with E-state index in [-0.39, 0.29) is 19.6 Å². The first-order chi connectivity index (χ1) is 16.4. The third kappa shape index (κ3) is 22.5. The Labute approximate surface area is 205 Å². The SMILES string of the molecule is CCC=CCC=CCC=CCCCCCCCCCC(=O)O[C@H](CO)COP(=O)(O)OCCN. The van der Waals surface area contributed by atoms with E-state index in [1.54, 1.807) is 0 Å². The smallest absolute Gasteiger partial charge is 0.457 e. The van der Waals surface area contributed by atoms with Gasteiger partial charge in [0.2, 0.25) is 0 Å². The van der Waals surface area contributed by atoms with Crippen LogP contribution in [0.3, 0.4) is 0 Å². The lowest BCUT2D eigenvalue weighted by atomic mass is 10.1. The largest absolute Gasteiger partial charge is 0.472 e. The molecule has 0 aromatic rings. The van der Waals surface area contributed by atoms with Crippen molar-refractivity contribution in [3.63, 3.8) is 0 Å². The number of unbranched alkanes of at least 4 members (excludes halogenated alkanes) is 7. The van der Waals surface area contributed by atoms with Gasteiger partial charge < -0.3 is 20.5 Å². The van der Waals surface area contributed by atoms with Gasteiger partial charge >= 0.3 is 13.8 Å². The van der Waals surface area contributed by atoms with E-state index in [9.17, 15) is 19.4 Å². The van der Waals surface area contributed by atoms with Crippen molar-refractivity contribution in [3.8, 4) is 0 Å². The maximum absolute atomic E-state index is 11.9. The minimum Gasteiger partial charge on any atom is -0.457 e. The number of aliphatic hydroxyl groups excluding tert-OH is 1. The van der Waals surface area contributed by atoms with E-state index in [1.807, 2.05) is 0 Å². The number of aliphatic hydroxyl groups is 1. The highest BCUT2D eigenvalue weighted by Crippen LogP contribution is 2.42. The number of nitrogens with two attached hydrogens (primary N) is 1. The summed E-state index contributed by atoms with van der Waals surface area (Å²) in [6.45, 7) is 1.14. The fraction of sp³-hybridized carbons (Fsp3) is 0.720. The summed E-state index contributed by atoms with van der Waals surface area (Å²) in [4.78, 5) is 21.3. The Morgan fingerprint density at radius 1 is 0.912 bits per heavy atom. The maximum Gasteiger partial charge on any atom is 0.472 e. The number of phosphoric acid groups is 1. The highest BCUT2D eigenvalue weighted by Gasteiger charge is 2.24. The van der Waals surface area contributed by atoms with Crippen molar-refractivity contribution in [1.82, 2.24) is 0 Å². The van der Waals surface area contributed by atoms with Crippen molar-refractivity contribution in [1.29, 1.82) is 0 Å². The Hall–Kier alpha value is -1.28. The van der Waals surface area contributed by atoms with E-state index < -0.39 is 33.1 Å². The molecule has 0 aliphatic carbocycles. The standard InChI is InChI=1S/C25H46NO7P/c1-2-3-4-5-6-7-8-9-10-11-12-13-14-15-16-17-18-19-25(28)33-24(22-27)23-32-34(29,30)31-21-20-26/h3-4,6-7,9-10,24,27H,2,5,8,11-23,26H2,1H3,(H,29,30)/t24-/m1/s1. The molecular weight excluding hydrogens is 457 g/mol. The molecule has 0 amide bonds. The fourth-order valence-electron chi connectivity index (χ4n) is 2.99. The minimum absolute atomic E-state index is 0.0689. The molecule has 0 aliphatic rings. The monoisotopic (exact) mass is 503 g/mol. The van der Waals surface area contributed by atoms with E-state index in [4.69, 9.17) is 15.0 Å². The molecule has 2 atom stereocenters. The van der Waals surface area contributed by atoms with Gasteiger partial charge in [0.1, 0.15) is 6.10 Å². The number of esters is 1. The van der Waals surface area contributed by atoms with Crippen molar-refractivity contribution in [2.24, 2.45) is 5.73 Å². The third-order valence-corrected chi connectivity index (χ3v) is 5.81. The third-order valence-electron chi connectivity index (χ3n) is 4.83. The first-order valence-corrected chi connectivity index (χ1v) is 14.0. The fourth-order valence-corrected chi connectivity index (χ4v) is 3.76. The number of ether oxygens (including phenoxy) is 1. The van der Waals surface area contributed by atoms with Crippen LogP contribution in [0.1, 0.15) is 84.0 Å². The van der Waals surface area contributed by atoms with Crippen LogP contribution in [0.25, 0.3) is 0 Å². The predicted octanol–water partition coefficient (Wildman–Crippen LogP) is 5.35. The second kappa shape index (κ2) is 23.5. The summed E-state index contributed by atoms with van der Waals surface area (Å²) in [5.74, 6) is -0.461. The summed E-state index contributed by atoms with van der Waals surface area (Å²) in [7, 11) is -4.27. The van der Waals surface area contributed by atoms with Gasteiger partial charge in [0.25, 0.3) is 0 Å². The number of rotatable bonds is 23. The second-order valence-corrected chi connectivity index (χ2v) is 9.44. The van der Waals surface area contributed by atoms with Crippen LogP contribution in [0.15, 0.2) is 36.5 Å². The van der Waals surface area contributed by atoms with Crippen molar-refractivity contribution in [3.05, 3.63) is 36.5 Å². The first kappa shape index (κ1) is 32.7. The van der Waals surface area contributed by atoms with Gasteiger partial charge in [-0.25, -0.2) is 4.57 Å². The van der Waals surface area contributed by atoms with E-state index in [0.29, 0.717) is 6.42 Å². The zero-order valence-electron chi connectivity index (χ0n) is 20.8. The van der Waals surface area contributed by atoms with Crippen molar-refractivity contribution in [2.75, 3.05) is 26.4 Å². The molecule has 0 spiro atoms. The van der Waals surface area contributed by atoms with Crippen LogP contribution in [0, 0.1) is 0 Å². The number of carbonyl (C=O) groups is 1. The molecule has 8 nitrogen and oxygen atoms in total. The van der Waals surface area contributed by atoms with Gasteiger partial charge in [-0.1, -0.05) is 75.5 Å². The normalized spacial score (nSPS) is 14.8. The highest BCUT2D eigenvalue weighted by molar-refractivity contribution is 7.47. The summed E-state index contributed by atoms with van der Waals surface area (Å²) < 4.78 is 25.9. The quantitative estimate of drug-likeness (QED) is 0.0736. The number of allylic oxidation sites excluding steroid dienone is 6. The topological polar surface area (TPSA) is 128 Å². The van der Waals surface area contributed by atoms with Crippen LogP contribution in [-0.2, 0) is 23.1 Å². The molecule has 0 aromatic carbocycles. The van der Waals surface area contributed by atoms with E-state index in [1.165, 1.54) is 19.3 Å². The molecule has 0 heterocycles. The summed E-state index contributed by atoms with van der Waals surface area (Å²) in [6, 6.07) is 0. The van der Waals surface area contributed by atoms with Crippen LogP contribution in [0.5, 0.6) is 0 Å². The molecule has 198 valence electrons. The van der Waals surface area contributed by atoms with Crippen LogP contribution >= 0.6 is 7.82 Å². The lowest BCUT2D eigenvalue weighted by molar-refractivity contribution is -0.153. The predicted molar refractivity (Wildman–Crippen MR) is 136 cm³/mol. The number of carbonyl (C=O) groups excluding carboxylic acids is 1. The molecule has 0 aliphatic heterocycles. The van der Waals surface area contributed by atoms with Gasteiger partial charge in [0, 0.05) is 13.0 Å². The van der Waals surface area contributed by atoms with E-state index in [2.05, 4.69) is 47.9 Å². The van der Waals surface area contributed by atoms with Crippen molar-refractivity contribution >= 4 is 13.8 Å². The molecule has 0 saturated heterocycles. The number of phosphoric ester groups is 1. The first-order valence-electron chi connectivity index (χ1n) is 12.5. The highest BCUT2D eigenvalue weighted by atomic mass is 31.2.